The number of piperazine rings is 1. The number of ether oxygens (including phenoxy) is 1. The number of nitrogens with one attached hydrogen (secondary N) is 1. The van der Waals surface area contributed by atoms with Crippen molar-refractivity contribution >= 4 is 35.4 Å². The summed E-state index contributed by atoms with van der Waals surface area (Å²) in [6.07, 6.45) is 2.47. The van der Waals surface area contributed by atoms with E-state index in [2.05, 4.69) is 21.2 Å². The number of carbonyl (C=O) groups excluding carboxylic acids is 5. The molecule has 0 spiro atoms. The molecule has 4 heterocycles. The number of anilines is 1. The number of hydrogen-bond acceptors (Lipinski definition) is 8. The van der Waals surface area contributed by atoms with E-state index >= 15 is 0 Å². The zero-order chi connectivity index (χ0) is 31.6. The summed E-state index contributed by atoms with van der Waals surface area (Å²) in [6.45, 7) is 12.4. The molecular weight excluding hydrogens is 564 g/mol. The molecule has 0 aromatic heterocycles. The van der Waals surface area contributed by atoms with Gasteiger partial charge in [-0.1, -0.05) is 0 Å². The molecule has 44 heavy (non-hydrogen) atoms. The highest BCUT2D eigenvalue weighted by molar-refractivity contribution is 6.05. The van der Waals surface area contributed by atoms with Gasteiger partial charge in [0.2, 0.25) is 17.7 Å². The molecule has 4 aliphatic rings. The van der Waals surface area contributed by atoms with E-state index in [1.807, 2.05) is 37.8 Å². The lowest BCUT2D eigenvalue weighted by Crippen LogP contribution is -2.52. The largest absolute Gasteiger partial charge is 0.444 e. The molecule has 3 fully saturated rings. The van der Waals surface area contributed by atoms with Crippen molar-refractivity contribution in [1.82, 2.24) is 24.9 Å². The quantitative estimate of drug-likeness (QED) is 0.466. The van der Waals surface area contributed by atoms with Gasteiger partial charge in [0.15, 0.2) is 0 Å². The van der Waals surface area contributed by atoms with Gasteiger partial charge in [0.25, 0.3) is 5.91 Å². The van der Waals surface area contributed by atoms with Gasteiger partial charge in [-0.25, -0.2) is 4.79 Å². The van der Waals surface area contributed by atoms with Crippen LogP contribution in [0.4, 0.5) is 10.5 Å². The predicted octanol–water partition coefficient (Wildman–Crippen LogP) is 2.07. The molecule has 0 saturated carbocycles. The van der Waals surface area contributed by atoms with Gasteiger partial charge < -0.3 is 24.3 Å². The molecule has 1 N–H and O–H groups in total. The second-order valence-electron chi connectivity index (χ2n) is 13.5. The third kappa shape index (κ3) is 7.51. The first-order valence-corrected chi connectivity index (χ1v) is 15.8. The molecule has 1 atom stereocenters. The van der Waals surface area contributed by atoms with Crippen LogP contribution in [-0.4, -0.2) is 120 Å². The van der Waals surface area contributed by atoms with Gasteiger partial charge in [0.1, 0.15) is 11.6 Å². The van der Waals surface area contributed by atoms with Crippen molar-refractivity contribution in [1.29, 1.82) is 0 Å². The predicted molar refractivity (Wildman–Crippen MR) is 164 cm³/mol. The van der Waals surface area contributed by atoms with E-state index in [-0.39, 0.29) is 30.0 Å². The number of piperidine rings is 2. The van der Waals surface area contributed by atoms with Crippen molar-refractivity contribution in [3.05, 3.63) is 29.3 Å². The molecule has 5 rings (SSSR count). The summed E-state index contributed by atoms with van der Waals surface area (Å²) in [5.74, 6) is -0.177. The highest BCUT2D eigenvalue weighted by Gasteiger charge is 2.39. The van der Waals surface area contributed by atoms with Gasteiger partial charge in [-0.15, -0.1) is 0 Å². The average molecular weight is 611 g/mol. The molecule has 3 saturated heterocycles. The maximum atomic E-state index is 13.0. The monoisotopic (exact) mass is 610 g/mol. The molecule has 12 nitrogen and oxygen atoms in total. The van der Waals surface area contributed by atoms with Crippen LogP contribution in [0, 0.1) is 5.92 Å². The van der Waals surface area contributed by atoms with Crippen LogP contribution in [0.2, 0.25) is 0 Å². The molecule has 0 bridgehead atoms. The standard InChI is InChI=1S/C32H46N6O6/c1-32(2,3)44-31(43)34(4)12-11-28(40)37-13-9-22(10-14-37)20-35-15-17-36(18-16-35)24-5-6-25-23(19-24)21-38(30(25)42)26-7-8-27(39)33-29(26)41/h5-6,19,22,26H,7-18,20-21H2,1-4H3,(H,33,39,41). The number of carbonyl (C=O) groups is 5. The maximum Gasteiger partial charge on any atom is 0.410 e. The van der Waals surface area contributed by atoms with Crippen molar-refractivity contribution < 1.29 is 28.7 Å². The van der Waals surface area contributed by atoms with Gasteiger partial charge in [-0.2, -0.15) is 0 Å². The second kappa shape index (κ2) is 13.1. The number of fused-ring (bicyclic) bond motifs is 1. The Morgan fingerprint density at radius 3 is 2.36 bits per heavy atom. The lowest BCUT2D eigenvalue weighted by atomic mass is 9.95. The highest BCUT2D eigenvalue weighted by atomic mass is 16.6. The number of amides is 5. The molecule has 1 aromatic rings. The molecule has 240 valence electrons. The summed E-state index contributed by atoms with van der Waals surface area (Å²) >= 11 is 0. The van der Waals surface area contributed by atoms with Crippen LogP contribution in [0.3, 0.4) is 0 Å². The number of rotatable bonds is 7. The van der Waals surface area contributed by atoms with Crippen molar-refractivity contribution in [2.75, 3.05) is 64.3 Å². The number of imide groups is 1. The fraction of sp³-hybridized carbons (Fsp3) is 0.656. The minimum Gasteiger partial charge on any atom is -0.444 e. The summed E-state index contributed by atoms with van der Waals surface area (Å²) in [5, 5.41) is 2.36. The fourth-order valence-corrected chi connectivity index (χ4v) is 6.53. The second-order valence-corrected chi connectivity index (χ2v) is 13.5. The van der Waals surface area contributed by atoms with Gasteiger partial charge in [-0.3, -0.25) is 29.4 Å². The van der Waals surface area contributed by atoms with Crippen LogP contribution in [0.5, 0.6) is 0 Å². The lowest BCUT2D eigenvalue weighted by Gasteiger charge is -2.39. The Hall–Kier alpha value is -3.67. The zero-order valence-electron chi connectivity index (χ0n) is 26.5. The smallest absolute Gasteiger partial charge is 0.410 e. The van der Waals surface area contributed by atoms with E-state index in [4.69, 9.17) is 4.74 Å². The zero-order valence-corrected chi connectivity index (χ0v) is 26.5. The Morgan fingerprint density at radius 1 is 1.00 bits per heavy atom. The minimum absolute atomic E-state index is 0.0868. The van der Waals surface area contributed by atoms with Crippen LogP contribution >= 0.6 is 0 Å². The van der Waals surface area contributed by atoms with E-state index in [9.17, 15) is 24.0 Å². The molecule has 5 amide bonds. The van der Waals surface area contributed by atoms with Crippen LogP contribution in [0.1, 0.15) is 68.8 Å². The summed E-state index contributed by atoms with van der Waals surface area (Å²) in [7, 11) is 1.66. The van der Waals surface area contributed by atoms with E-state index < -0.39 is 17.7 Å². The van der Waals surface area contributed by atoms with Crippen LogP contribution in [0.15, 0.2) is 18.2 Å². The highest BCUT2D eigenvalue weighted by Crippen LogP contribution is 2.31. The molecule has 12 heteroatoms. The van der Waals surface area contributed by atoms with E-state index in [1.54, 1.807) is 11.9 Å². The van der Waals surface area contributed by atoms with Gasteiger partial charge in [-0.05, 0) is 69.7 Å². The maximum absolute atomic E-state index is 13.0. The van der Waals surface area contributed by atoms with Crippen molar-refractivity contribution in [2.45, 2.75) is 71.1 Å². The van der Waals surface area contributed by atoms with Gasteiger partial charge >= 0.3 is 6.09 Å². The van der Waals surface area contributed by atoms with Crippen molar-refractivity contribution in [3.63, 3.8) is 0 Å². The number of hydrogen-bond donors (Lipinski definition) is 1. The Kier molecular flexibility index (Phi) is 9.48. The first-order chi connectivity index (χ1) is 20.9. The van der Waals surface area contributed by atoms with Crippen LogP contribution in [0.25, 0.3) is 0 Å². The fourth-order valence-electron chi connectivity index (χ4n) is 6.53. The normalized spacial score (nSPS) is 21.8. The average Bonchev–Trinajstić information content (AvgIpc) is 3.30. The Balaban J connectivity index is 1.03. The summed E-state index contributed by atoms with van der Waals surface area (Å²) in [4.78, 5) is 71.7. The minimum atomic E-state index is -0.601. The first-order valence-electron chi connectivity index (χ1n) is 15.8. The topological polar surface area (TPSA) is 123 Å². The molecule has 1 aromatic carbocycles. The Labute approximate surface area is 259 Å². The number of likely N-dealkylation sites (tertiary alicyclic amines) is 1. The Bertz CT molecular complexity index is 1280. The van der Waals surface area contributed by atoms with Gasteiger partial charge in [0, 0.05) is 90.0 Å². The Morgan fingerprint density at radius 2 is 1.70 bits per heavy atom. The molecule has 0 radical (unpaired) electrons. The summed E-state index contributed by atoms with van der Waals surface area (Å²) in [5.41, 5.74) is 2.09. The molecule has 1 unspecified atom stereocenters. The van der Waals surface area contributed by atoms with E-state index in [1.165, 1.54) is 4.90 Å². The van der Waals surface area contributed by atoms with Crippen molar-refractivity contribution in [2.24, 2.45) is 5.92 Å². The first kappa shape index (κ1) is 31.7. The summed E-state index contributed by atoms with van der Waals surface area (Å²) in [6, 6.07) is 5.34. The molecular formula is C32H46N6O6. The van der Waals surface area contributed by atoms with E-state index in [0.717, 1.165) is 69.9 Å². The van der Waals surface area contributed by atoms with Crippen molar-refractivity contribution in [3.8, 4) is 0 Å². The SMILES string of the molecule is CN(CCC(=O)N1CCC(CN2CCN(c3ccc4c(c3)CN(C3CCC(=O)NC3=O)C4=O)CC2)CC1)C(=O)OC(C)(C)C. The van der Waals surface area contributed by atoms with Crippen LogP contribution in [-0.2, 0) is 25.7 Å². The van der Waals surface area contributed by atoms with E-state index in [0.29, 0.717) is 37.4 Å². The third-order valence-electron chi connectivity index (χ3n) is 9.09. The lowest BCUT2D eigenvalue weighted by molar-refractivity contribution is -0.137. The summed E-state index contributed by atoms with van der Waals surface area (Å²) < 4.78 is 5.37. The third-order valence-corrected chi connectivity index (χ3v) is 9.09. The van der Waals surface area contributed by atoms with Crippen LogP contribution < -0.4 is 10.2 Å². The molecule has 4 aliphatic heterocycles. The molecule has 0 aliphatic carbocycles. The number of benzene rings is 1. The van der Waals surface area contributed by atoms with Gasteiger partial charge in [0.05, 0.1) is 0 Å². The number of nitrogens with zero attached hydrogens (tertiary/aromatic N) is 5.